The van der Waals surface area contributed by atoms with E-state index in [0.29, 0.717) is 45.5 Å². The minimum Gasteiger partial charge on any atom is -0.390 e. The Balaban J connectivity index is 1.59. The first-order valence-corrected chi connectivity index (χ1v) is 15.7. The third kappa shape index (κ3) is 7.27. The van der Waals surface area contributed by atoms with Crippen LogP contribution < -0.4 is 5.32 Å². The van der Waals surface area contributed by atoms with Crippen molar-refractivity contribution >= 4 is 28.5 Å². The molecule has 2 N–H and O–H groups in total. The summed E-state index contributed by atoms with van der Waals surface area (Å²) >= 11 is 0.402. The zero-order chi connectivity index (χ0) is 32.8. The maximum atomic E-state index is 15.3. The number of aromatic nitrogens is 1. The number of para-hydroxylation sites is 1. The highest BCUT2D eigenvalue weighted by Gasteiger charge is 2.32. The Bertz CT molecular complexity index is 1810. The molecule has 0 aliphatic rings. The number of benzene rings is 4. The van der Waals surface area contributed by atoms with Crippen molar-refractivity contribution in [3.8, 4) is 22.4 Å². The molecule has 0 fully saturated rings. The van der Waals surface area contributed by atoms with Crippen LogP contribution in [0, 0.1) is 11.6 Å². The molecule has 0 unspecified atom stereocenters. The van der Waals surface area contributed by atoms with Crippen LogP contribution in [0.2, 0.25) is 0 Å². The van der Waals surface area contributed by atoms with Crippen LogP contribution in [-0.4, -0.2) is 33.0 Å². The zero-order valence-corrected chi connectivity index (χ0v) is 26.1. The maximum Gasteiger partial charge on any atom is 0.258 e. The van der Waals surface area contributed by atoms with Gasteiger partial charge in [0.05, 0.1) is 22.3 Å². The number of aliphatic hydroxyl groups is 1. The van der Waals surface area contributed by atoms with Gasteiger partial charge in [0.25, 0.3) is 5.91 Å². The quantitative estimate of drug-likeness (QED) is 0.141. The van der Waals surface area contributed by atoms with Crippen molar-refractivity contribution in [2.45, 2.75) is 49.9 Å². The highest BCUT2D eigenvalue weighted by atomic mass is 32.2. The van der Waals surface area contributed by atoms with E-state index in [1.54, 1.807) is 24.3 Å². The number of amides is 1. The van der Waals surface area contributed by atoms with E-state index in [1.807, 2.05) is 66.9 Å². The molecular weight excluding hydrogens is 609 g/mol. The van der Waals surface area contributed by atoms with Gasteiger partial charge in [-0.3, -0.25) is 9.59 Å². The van der Waals surface area contributed by atoms with E-state index in [-0.39, 0.29) is 29.7 Å². The first kappa shape index (κ1) is 32.8. The lowest BCUT2D eigenvalue weighted by atomic mass is 9.94. The second kappa shape index (κ2) is 14.7. The molecule has 1 aromatic heterocycles. The standard InChI is InChI=1S/C37H33F3N2O3S/c1-23(2)34-32(36(44)41-27-13-7-4-8-14-27)31(24-11-5-3-6-12-24)35(25-17-19-26(38)20-18-25)42(34)22-21-29(43)33(40)37(45)46-30-16-10-9-15-28(30)39/h3-20,23,29,33,43H,21-22H2,1-2H3,(H,41,44)/t29-,33+/m1/s1. The summed E-state index contributed by atoms with van der Waals surface area (Å²) in [6, 6.07) is 29.8. The maximum absolute atomic E-state index is 15.3. The smallest absolute Gasteiger partial charge is 0.258 e. The van der Waals surface area contributed by atoms with Crippen LogP contribution in [0.5, 0.6) is 0 Å². The molecule has 5 aromatic rings. The molecule has 0 aliphatic heterocycles. The predicted octanol–water partition coefficient (Wildman–Crippen LogP) is 8.88. The first-order valence-electron chi connectivity index (χ1n) is 14.9. The number of carbonyl (C=O) groups is 2. The van der Waals surface area contributed by atoms with E-state index < -0.39 is 29.0 Å². The molecule has 1 amide bonds. The van der Waals surface area contributed by atoms with Crippen molar-refractivity contribution < 1.29 is 27.9 Å². The van der Waals surface area contributed by atoms with Crippen LogP contribution in [0.1, 0.15) is 42.2 Å². The molecule has 0 bridgehead atoms. The van der Waals surface area contributed by atoms with E-state index >= 15 is 4.39 Å². The lowest BCUT2D eigenvalue weighted by Gasteiger charge is -2.20. The average molecular weight is 643 g/mol. The summed E-state index contributed by atoms with van der Waals surface area (Å²) in [7, 11) is 0. The number of carbonyl (C=O) groups excluding carboxylic acids is 2. The van der Waals surface area contributed by atoms with E-state index in [9.17, 15) is 23.5 Å². The molecule has 236 valence electrons. The third-order valence-corrected chi connectivity index (χ3v) is 8.53. The molecule has 9 heteroatoms. The number of aliphatic hydroxyl groups excluding tert-OH is 1. The van der Waals surface area contributed by atoms with Crippen molar-refractivity contribution in [2.24, 2.45) is 0 Å². The summed E-state index contributed by atoms with van der Waals surface area (Å²) in [5.74, 6) is -1.67. The predicted molar refractivity (Wildman–Crippen MR) is 177 cm³/mol. The number of rotatable bonds is 11. The number of alkyl halides is 1. The van der Waals surface area contributed by atoms with Crippen molar-refractivity contribution in [2.75, 3.05) is 5.32 Å². The molecule has 46 heavy (non-hydrogen) atoms. The van der Waals surface area contributed by atoms with Gasteiger partial charge in [-0.25, -0.2) is 13.2 Å². The lowest BCUT2D eigenvalue weighted by Crippen LogP contribution is -2.30. The summed E-state index contributed by atoms with van der Waals surface area (Å²) < 4.78 is 45.4. The van der Waals surface area contributed by atoms with Crippen LogP contribution in [-0.2, 0) is 11.3 Å². The third-order valence-electron chi connectivity index (χ3n) is 7.55. The first-order chi connectivity index (χ1) is 22.2. The van der Waals surface area contributed by atoms with Gasteiger partial charge in [-0.15, -0.1) is 0 Å². The average Bonchev–Trinajstić information content (AvgIpc) is 3.41. The van der Waals surface area contributed by atoms with Gasteiger partial charge in [0.15, 0.2) is 6.17 Å². The van der Waals surface area contributed by atoms with Crippen LogP contribution in [0.4, 0.5) is 18.9 Å². The number of hydrogen-bond acceptors (Lipinski definition) is 4. The second-order valence-electron chi connectivity index (χ2n) is 11.1. The van der Waals surface area contributed by atoms with Gasteiger partial charge in [0.2, 0.25) is 5.12 Å². The van der Waals surface area contributed by atoms with Gasteiger partial charge >= 0.3 is 0 Å². The van der Waals surface area contributed by atoms with E-state index in [0.717, 1.165) is 5.56 Å². The van der Waals surface area contributed by atoms with Crippen LogP contribution in [0.3, 0.4) is 0 Å². The number of anilines is 1. The van der Waals surface area contributed by atoms with E-state index in [1.165, 1.54) is 36.4 Å². The normalized spacial score (nSPS) is 12.6. The fraction of sp³-hybridized carbons (Fsp3) is 0.189. The van der Waals surface area contributed by atoms with Crippen LogP contribution in [0.25, 0.3) is 22.4 Å². The highest BCUT2D eigenvalue weighted by Crippen LogP contribution is 2.43. The number of thioether (sulfide) groups is 1. The Labute approximate surface area is 270 Å². The summed E-state index contributed by atoms with van der Waals surface area (Å²) in [5, 5.41) is 12.9. The Morgan fingerprint density at radius 3 is 2.07 bits per heavy atom. The monoisotopic (exact) mass is 642 g/mol. The number of nitrogens with zero attached hydrogens (tertiary/aromatic N) is 1. The summed E-state index contributed by atoms with van der Waals surface area (Å²) in [6.45, 7) is 3.88. The minimum absolute atomic E-state index is 0.0257. The Kier molecular flexibility index (Phi) is 10.4. The van der Waals surface area contributed by atoms with Gasteiger partial charge in [0.1, 0.15) is 11.6 Å². The molecule has 5 rings (SSSR count). The second-order valence-corrected chi connectivity index (χ2v) is 12.1. The van der Waals surface area contributed by atoms with Gasteiger partial charge < -0.3 is 15.0 Å². The Morgan fingerprint density at radius 2 is 1.43 bits per heavy atom. The number of nitrogens with one attached hydrogen (secondary N) is 1. The van der Waals surface area contributed by atoms with Crippen LogP contribution >= 0.6 is 11.8 Å². The molecular formula is C37H33F3N2O3S. The SMILES string of the molecule is CC(C)c1c(C(=O)Nc2ccccc2)c(-c2ccccc2)c(-c2ccc(F)cc2)n1CC[C@@H](O)[C@H](F)C(=O)Sc1ccccc1F. The molecule has 1 heterocycles. The molecule has 4 aromatic carbocycles. The Morgan fingerprint density at radius 1 is 0.826 bits per heavy atom. The number of hydrogen-bond donors (Lipinski definition) is 2. The molecule has 2 atom stereocenters. The fourth-order valence-corrected chi connectivity index (χ4v) is 6.26. The van der Waals surface area contributed by atoms with Crippen molar-refractivity contribution in [1.29, 1.82) is 0 Å². The Hall–Kier alpha value is -4.60. The van der Waals surface area contributed by atoms with Crippen molar-refractivity contribution in [3.63, 3.8) is 0 Å². The molecule has 0 saturated carbocycles. The van der Waals surface area contributed by atoms with Crippen molar-refractivity contribution in [3.05, 3.63) is 132 Å². The molecule has 5 nitrogen and oxygen atoms in total. The van der Waals surface area contributed by atoms with Crippen molar-refractivity contribution in [1.82, 2.24) is 4.57 Å². The molecule has 0 saturated heterocycles. The lowest BCUT2D eigenvalue weighted by molar-refractivity contribution is -0.119. The minimum atomic E-state index is -2.29. The van der Waals surface area contributed by atoms with Gasteiger partial charge in [-0.2, -0.15) is 0 Å². The topological polar surface area (TPSA) is 71.3 Å². The van der Waals surface area contributed by atoms with Gasteiger partial charge in [-0.1, -0.05) is 74.5 Å². The van der Waals surface area contributed by atoms with E-state index in [2.05, 4.69) is 5.32 Å². The largest absolute Gasteiger partial charge is 0.390 e. The van der Waals surface area contributed by atoms with Gasteiger partial charge in [0, 0.05) is 23.5 Å². The van der Waals surface area contributed by atoms with Gasteiger partial charge in [-0.05, 0) is 83.8 Å². The molecule has 0 radical (unpaired) electrons. The summed E-state index contributed by atoms with van der Waals surface area (Å²) in [4.78, 5) is 26.8. The number of halogens is 3. The fourth-order valence-electron chi connectivity index (χ4n) is 5.47. The van der Waals surface area contributed by atoms with Crippen LogP contribution in [0.15, 0.2) is 114 Å². The molecule has 0 aliphatic carbocycles. The highest BCUT2D eigenvalue weighted by molar-refractivity contribution is 8.13. The summed E-state index contributed by atoms with van der Waals surface area (Å²) in [5.41, 5.74) is 4.14. The zero-order valence-electron chi connectivity index (χ0n) is 25.3. The summed E-state index contributed by atoms with van der Waals surface area (Å²) in [6.07, 6.45) is -4.19. The molecule has 0 spiro atoms. The van der Waals surface area contributed by atoms with E-state index in [4.69, 9.17) is 0 Å².